The van der Waals surface area contributed by atoms with Crippen LogP contribution in [0.4, 0.5) is 11.4 Å². The van der Waals surface area contributed by atoms with Gasteiger partial charge in [0.2, 0.25) is 5.91 Å². The molecule has 0 saturated carbocycles. The van der Waals surface area contributed by atoms with Crippen molar-refractivity contribution in [2.24, 2.45) is 5.10 Å². The molecule has 1 saturated heterocycles. The first-order chi connectivity index (χ1) is 13.0. The van der Waals surface area contributed by atoms with Crippen molar-refractivity contribution in [3.63, 3.8) is 0 Å². The second kappa shape index (κ2) is 7.77. The minimum atomic E-state index is -0.559. The number of nitrogens with one attached hydrogen (secondary N) is 1. The first-order valence-corrected chi connectivity index (χ1v) is 8.45. The molecule has 8 heteroatoms. The lowest BCUT2D eigenvalue weighted by Gasteiger charge is -2.16. The summed E-state index contributed by atoms with van der Waals surface area (Å²) in [6.07, 6.45) is 1.39. The van der Waals surface area contributed by atoms with Crippen LogP contribution >= 0.6 is 0 Å². The molecule has 0 radical (unpaired) electrons. The maximum Gasteiger partial charge on any atom is 0.271 e. The number of carbonyl (C=O) groups is 2. The van der Waals surface area contributed by atoms with Crippen LogP contribution in [0.25, 0.3) is 0 Å². The van der Waals surface area contributed by atoms with Gasteiger partial charge in [-0.05, 0) is 37.1 Å². The molecule has 2 amide bonds. The number of anilines is 1. The molecular formula is C19H18N4O4. The molecule has 0 atom stereocenters. The molecule has 0 spiro atoms. The van der Waals surface area contributed by atoms with Crippen LogP contribution in [0, 0.1) is 10.1 Å². The Kier molecular flexibility index (Phi) is 5.25. The van der Waals surface area contributed by atoms with Gasteiger partial charge in [-0.25, -0.2) is 5.43 Å². The molecule has 0 bridgehead atoms. The summed E-state index contributed by atoms with van der Waals surface area (Å²) in [5.74, 6) is -0.440. The molecule has 1 N–H and O–H groups in total. The number of nitro groups is 1. The summed E-state index contributed by atoms with van der Waals surface area (Å²) in [6, 6.07) is 12.8. The predicted octanol–water partition coefficient (Wildman–Crippen LogP) is 2.88. The summed E-state index contributed by atoms with van der Waals surface area (Å²) < 4.78 is 0. The molecule has 0 unspecified atom stereocenters. The van der Waals surface area contributed by atoms with E-state index in [-0.39, 0.29) is 17.2 Å². The number of non-ortho nitro benzene ring substituents is 1. The lowest BCUT2D eigenvalue weighted by Crippen LogP contribution is -2.24. The Morgan fingerprint density at radius 2 is 1.93 bits per heavy atom. The zero-order valence-corrected chi connectivity index (χ0v) is 14.7. The van der Waals surface area contributed by atoms with Crippen LogP contribution < -0.4 is 10.3 Å². The third kappa shape index (κ3) is 4.17. The van der Waals surface area contributed by atoms with Gasteiger partial charge in [0.25, 0.3) is 11.6 Å². The second-order valence-corrected chi connectivity index (χ2v) is 6.14. The Labute approximate surface area is 155 Å². The Balaban J connectivity index is 1.74. The first kappa shape index (κ1) is 18.2. The minimum absolute atomic E-state index is 0.0979. The highest BCUT2D eigenvalue weighted by atomic mass is 16.6. The molecule has 1 fully saturated rings. The Bertz CT molecular complexity index is 939. The SMILES string of the molecule is C/C(=N/NC(=O)c1cccc([N+](=O)[O-])c1)c1cccc(N2CCCC2=O)c1. The Morgan fingerprint density at radius 3 is 2.63 bits per heavy atom. The fourth-order valence-corrected chi connectivity index (χ4v) is 2.84. The maximum absolute atomic E-state index is 12.2. The standard InChI is InChI=1S/C19H18N4O4/c1-13(14-5-2-7-16(11-14)22-10-4-9-18(22)24)20-21-19(25)15-6-3-8-17(12-15)23(26)27/h2-3,5-8,11-12H,4,9-10H2,1H3,(H,21,25)/b20-13-. The van der Waals surface area contributed by atoms with E-state index in [0.717, 1.165) is 17.7 Å². The summed E-state index contributed by atoms with van der Waals surface area (Å²) in [4.78, 5) is 36.1. The second-order valence-electron chi connectivity index (χ2n) is 6.14. The molecule has 27 heavy (non-hydrogen) atoms. The number of rotatable bonds is 5. The number of benzene rings is 2. The molecule has 3 rings (SSSR count). The lowest BCUT2D eigenvalue weighted by molar-refractivity contribution is -0.384. The third-order valence-electron chi connectivity index (χ3n) is 4.29. The number of hydrogen-bond donors (Lipinski definition) is 1. The number of nitro benzene ring substituents is 1. The van der Waals surface area contributed by atoms with Crippen LogP contribution in [0.15, 0.2) is 53.6 Å². The van der Waals surface area contributed by atoms with E-state index in [4.69, 9.17) is 0 Å². The van der Waals surface area contributed by atoms with Crippen LogP contribution in [0.1, 0.15) is 35.7 Å². The van der Waals surface area contributed by atoms with E-state index in [1.807, 2.05) is 24.3 Å². The monoisotopic (exact) mass is 366 g/mol. The van der Waals surface area contributed by atoms with Crippen molar-refractivity contribution in [2.45, 2.75) is 19.8 Å². The fraction of sp³-hybridized carbons (Fsp3) is 0.211. The first-order valence-electron chi connectivity index (χ1n) is 8.45. The smallest absolute Gasteiger partial charge is 0.271 e. The highest BCUT2D eigenvalue weighted by Gasteiger charge is 2.21. The van der Waals surface area contributed by atoms with Gasteiger partial charge in [0.05, 0.1) is 10.6 Å². The molecular weight excluding hydrogens is 348 g/mol. The van der Waals surface area contributed by atoms with E-state index in [1.54, 1.807) is 11.8 Å². The number of hydrazone groups is 1. The molecule has 8 nitrogen and oxygen atoms in total. The number of hydrogen-bond acceptors (Lipinski definition) is 5. The van der Waals surface area contributed by atoms with Crippen LogP contribution in [-0.4, -0.2) is 29.0 Å². The van der Waals surface area contributed by atoms with Gasteiger partial charge in [0.1, 0.15) is 0 Å². The quantitative estimate of drug-likeness (QED) is 0.499. The van der Waals surface area contributed by atoms with Crippen LogP contribution in [0.5, 0.6) is 0 Å². The zero-order chi connectivity index (χ0) is 19.4. The van der Waals surface area contributed by atoms with Crippen molar-refractivity contribution < 1.29 is 14.5 Å². The van der Waals surface area contributed by atoms with Gasteiger partial charge in [-0.15, -0.1) is 0 Å². The predicted molar refractivity (Wildman–Crippen MR) is 101 cm³/mol. The molecule has 1 heterocycles. The number of amides is 2. The van der Waals surface area contributed by atoms with Gasteiger partial charge >= 0.3 is 0 Å². The average molecular weight is 366 g/mol. The fourth-order valence-electron chi connectivity index (χ4n) is 2.84. The molecule has 138 valence electrons. The summed E-state index contributed by atoms with van der Waals surface area (Å²) in [7, 11) is 0. The molecule has 1 aliphatic rings. The molecule has 0 aromatic heterocycles. The van der Waals surface area contributed by atoms with Crippen LogP contribution in [-0.2, 0) is 4.79 Å². The van der Waals surface area contributed by atoms with Gasteiger partial charge in [-0.3, -0.25) is 19.7 Å². The van der Waals surface area contributed by atoms with Crippen LogP contribution in [0.2, 0.25) is 0 Å². The molecule has 1 aliphatic heterocycles. The van der Waals surface area contributed by atoms with Crippen molar-refractivity contribution in [1.29, 1.82) is 0 Å². The molecule has 0 aliphatic carbocycles. The summed E-state index contributed by atoms with van der Waals surface area (Å²) in [5, 5.41) is 14.9. The highest BCUT2D eigenvalue weighted by molar-refractivity contribution is 6.02. The van der Waals surface area contributed by atoms with Crippen molar-refractivity contribution in [2.75, 3.05) is 11.4 Å². The van der Waals surface area contributed by atoms with Crippen molar-refractivity contribution in [3.8, 4) is 0 Å². The van der Waals surface area contributed by atoms with E-state index in [1.165, 1.54) is 24.3 Å². The van der Waals surface area contributed by atoms with Crippen molar-refractivity contribution >= 4 is 28.9 Å². The van der Waals surface area contributed by atoms with Crippen molar-refractivity contribution in [3.05, 3.63) is 69.8 Å². The number of nitrogens with zero attached hydrogens (tertiary/aromatic N) is 3. The lowest BCUT2D eigenvalue weighted by atomic mass is 10.1. The normalized spacial score (nSPS) is 14.3. The highest BCUT2D eigenvalue weighted by Crippen LogP contribution is 2.22. The van der Waals surface area contributed by atoms with Crippen molar-refractivity contribution in [1.82, 2.24) is 5.43 Å². The zero-order valence-electron chi connectivity index (χ0n) is 14.7. The van der Waals surface area contributed by atoms with Gasteiger partial charge in [-0.1, -0.05) is 18.2 Å². The van der Waals surface area contributed by atoms with E-state index >= 15 is 0 Å². The number of carbonyl (C=O) groups excluding carboxylic acids is 2. The third-order valence-corrected chi connectivity index (χ3v) is 4.29. The van der Waals surface area contributed by atoms with Crippen LogP contribution in [0.3, 0.4) is 0 Å². The minimum Gasteiger partial charge on any atom is -0.312 e. The van der Waals surface area contributed by atoms with Gasteiger partial charge in [-0.2, -0.15) is 5.10 Å². The molecule has 2 aromatic rings. The van der Waals surface area contributed by atoms with Gasteiger partial charge < -0.3 is 4.90 Å². The van der Waals surface area contributed by atoms with E-state index in [0.29, 0.717) is 18.7 Å². The van der Waals surface area contributed by atoms with E-state index in [2.05, 4.69) is 10.5 Å². The summed E-state index contributed by atoms with van der Waals surface area (Å²) >= 11 is 0. The van der Waals surface area contributed by atoms with Gasteiger partial charge in [0.15, 0.2) is 0 Å². The Hall–Kier alpha value is -3.55. The van der Waals surface area contributed by atoms with E-state index in [9.17, 15) is 19.7 Å². The summed E-state index contributed by atoms with van der Waals surface area (Å²) in [6.45, 7) is 2.43. The topological polar surface area (TPSA) is 105 Å². The molecule has 2 aromatic carbocycles. The maximum atomic E-state index is 12.2. The Morgan fingerprint density at radius 1 is 1.19 bits per heavy atom. The largest absolute Gasteiger partial charge is 0.312 e. The van der Waals surface area contributed by atoms with Gasteiger partial charge in [0, 0.05) is 36.3 Å². The summed E-state index contributed by atoms with van der Waals surface area (Å²) in [5.41, 5.74) is 4.52. The average Bonchev–Trinajstić information content (AvgIpc) is 3.12. The van der Waals surface area contributed by atoms with E-state index < -0.39 is 10.8 Å².